The molecule has 0 saturated carbocycles. The van der Waals surface area contributed by atoms with Gasteiger partial charge in [-0.05, 0) is 113 Å². The van der Waals surface area contributed by atoms with Crippen molar-refractivity contribution in [3.8, 4) is 78.8 Å². The predicted octanol–water partition coefficient (Wildman–Crippen LogP) is 15.5. The van der Waals surface area contributed by atoms with Gasteiger partial charge in [0.15, 0.2) is 17.5 Å². The van der Waals surface area contributed by atoms with E-state index in [1.165, 1.54) is 32.7 Å². The summed E-state index contributed by atoms with van der Waals surface area (Å²) in [6, 6.07) is 79.5. The fourth-order valence-corrected chi connectivity index (χ4v) is 9.20. The van der Waals surface area contributed by atoms with Gasteiger partial charge in [-0.3, -0.25) is 4.98 Å². The van der Waals surface area contributed by atoms with Crippen LogP contribution in [0.5, 0.6) is 0 Å². The molecule has 10 aromatic carbocycles. The highest BCUT2D eigenvalue weighted by Crippen LogP contribution is 2.40. The summed E-state index contributed by atoms with van der Waals surface area (Å²) in [5.41, 5.74) is 11.5. The molecule has 0 spiro atoms. The van der Waals surface area contributed by atoms with Gasteiger partial charge < -0.3 is 0 Å². The van der Waals surface area contributed by atoms with Gasteiger partial charge in [0, 0.05) is 28.5 Å². The van der Waals surface area contributed by atoms with Gasteiger partial charge >= 0.3 is 0 Å². The van der Waals surface area contributed by atoms with Gasteiger partial charge in [-0.25, -0.2) is 15.0 Å². The molecule has 0 atom stereocenters. The van der Waals surface area contributed by atoms with E-state index >= 15 is 0 Å². The van der Waals surface area contributed by atoms with Crippen LogP contribution in [0.4, 0.5) is 0 Å². The SMILES string of the molecule is c1ccc(-c2ccc(-c3cc(-c4ccc(-c5c6ccccc6cc6ccccc56)cc4)cc(-c4nc(-c5cccc6ccccc56)nc(-c5cccc6ccccc56)n4)c3)cc2)nc1. The second-order valence-corrected chi connectivity index (χ2v) is 16.2. The van der Waals surface area contributed by atoms with E-state index in [2.05, 4.69) is 211 Å². The second kappa shape index (κ2) is 15.7. The third-order valence-corrected chi connectivity index (χ3v) is 12.3. The summed E-state index contributed by atoms with van der Waals surface area (Å²) in [5.74, 6) is 1.86. The van der Waals surface area contributed by atoms with E-state index in [9.17, 15) is 0 Å². The fourth-order valence-electron chi connectivity index (χ4n) is 9.20. The van der Waals surface area contributed by atoms with Crippen molar-refractivity contribution in [1.29, 1.82) is 0 Å². The third-order valence-electron chi connectivity index (χ3n) is 12.3. The lowest BCUT2D eigenvalue weighted by molar-refractivity contribution is 1.08. The van der Waals surface area contributed by atoms with Crippen LogP contribution in [0.3, 0.4) is 0 Å². The minimum atomic E-state index is 0.605. The summed E-state index contributed by atoms with van der Waals surface area (Å²) in [6.45, 7) is 0. The highest BCUT2D eigenvalue weighted by molar-refractivity contribution is 6.12. The number of hydrogen-bond donors (Lipinski definition) is 0. The summed E-state index contributed by atoms with van der Waals surface area (Å²) in [6.07, 6.45) is 1.83. The molecule has 0 aliphatic rings. The van der Waals surface area contributed by atoms with E-state index < -0.39 is 0 Å². The molecule has 0 bridgehead atoms. The van der Waals surface area contributed by atoms with Crippen LogP contribution >= 0.6 is 0 Å². The Labute approximate surface area is 370 Å². The summed E-state index contributed by atoms with van der Waals surface area (Å²) < 4.78 is 0. The molecule has 0 aliphatic heterocycles. The molecule has 0 fully saturated rings. The minimum absolute atomic E-state index is 0.605. The zero-order chi connectivity index (χ0) is 42.4. The van der Waals surface area contributed by atoms with Crippen LogP contribution in [0.15, 0.2) is 231 Å². The van der Waals surface area contributed by atoms with Crippen LogP contribution in [0.25, 0.3) is 122 Å². The van der Waals surface area contributed by atoms with E-state index in [-0.39, 0.29) is 0 Å². The van der Waals surface area contributed by atoms with Gasteiger partial charge in [-0.2, -0.15) is 0 Å². The largest absolute Gasteiger partial charge is 0.256 e. The molecule has 2 aromatic heterocycles. The van der Waals surface area contributed by atoms with Gasteiger partial charge in [0.2, 0.25) is 0 Å². The van der Waals surface area contributed by atoms with Gasteiger partial charge in [-0.15, -0.1) is 0 Å². The van der Waals surface area contributed by atoms with E-state index in [0.717, 1.165) is 71.7 Å². The fraction of sp³-hybridized carbons (Fsp3) is 0. The van der Waals surface area contributed by atoms with Crippen LogP contribution in [0.2, 0.25) is 0 Å². The summed E-state index contributed by atoms with van der Waals surface area (Å²) >= 11 is 0. The molecule has 298 valence electrons. The van der Waals surface area contributed by atoms with Gasteiger partial charge in [0.25, 0.3) is 0 Å². The Kier molecular flexibility index (Phi) is 9.12. The number of aromatic nitrogens is 4. The Balaban J connectivity index is 1.06. The normalized spacial score (nSPS) is 11.4. The zero-order valence-electron chi connectivity index (χ0n) is 34.7. The highest BCUT2D eigenvalue weighted by Gasteiger charge is 2.18. The monoisotopic (exact) mass is 814 g/mol. The molecule has 0 amide bonds. The highest BCUT2D eigenvalue weighted by atomic mass is 15.0. The van der Waals surface area contributed by atoms with Crippen LogP contribution in [0.1, 0.15) is 0 Å². The molecule has 4 nitrogen and oxygen atoms in total. The molecule has 4 heteroatoms. The van der Waals surface area contributed by atoms with E-state index in [1.807, 2.05) is 24.4 Å². The quantitative estimate of drug-likeness (QED) is 0.150. The first-order valence-corrected chi connectivity index (χ1v) is 21.6. The molecule has 0 radical (unpaired) electrons. The second-order valence-electron chi connectivity index (χ2n) is 16.2. The van der Waals surface area contributed by atoms with Crippen LogP contribution in [-0.4, -0.2) is 19.9 Å². The molecule has 12 rings (SSSR count). The number of hydrogen-bond acceptors (Lipinski definition) is 4. The number of nitrogens with zero attached hydrogens (tertiary/aromatic N) is 4. The maximum Gasteiger partial charge on any atom is 0.164 e. The number of benzene rings is 10. The van der Waals surface area contributed by atoms with Crippen molar-refractivity contribution in [2.75, 3.05) is 0 Å². The van der Waals surface area contributed by atoms with Crippen molar-refractivity contribution in [2.24, 2.45) is 0 Å². The van der Waals surface area contributed by atoms with E-state index in [4.69, 9.17) is 15.0 Å². The Morgan fingerprint density at radius 2 is 0.672 bits per heavy atom. The van der Waals surface area contributed by atoms with Crippen molar-refractivity contribution >= 4 is 43.1 Å². The summed E-state index contributed by atoms with van der Waals surface area (Å²) in [7, 11) is 0. The molecule has 12 aromatic rings. The Morgan fingerprint density at radius 1 is 0.250 bits per heavy atom. The molecule has 0 N–H and O–H groups in total. The molecule has 0 aliphatic carbocycles. The van der Waals surface area contributed by atoms with Gasteiger partial charge in [-0.1, -0.05) is 188 Å². The van der Waals surface area contributed by atoms with Crippen molar-refractivity contribution in [3.05, 3.63) is 231 Å². The molecule has 64 heavy (non-hydrogen) atoms. The number of fused-ring (bicyclic) bond motifs is 4. The molecular weight excluding hydrogens is 777 g/mol. The standard InChI is InChI=1S/C60H38N4/c1-5-19-50-41(13-1)17-11-23-54(50)59-62-58(63-60(64-59)55-24-12-18-42-14-2-6-20-51(42)55)49-37-47(39-26-30-43(31-27-39)56-25-9-10-34-61-56)36-48(38-49)40-28-32-44(33-29-40)57-52-21-7-3-15-45(52)35-46-16-4-8-22-53(46)57/h1-38H. The van der Waals surface area contributed by atoms with Crippen LogP contribution in [-0.2, 0) is 0 Å². The molecule has 0 saturated heterocycles. The molecular formula is C60H38N4. The van der Waals surface area contributed by atoms with E-state index in [1.54, 1.807) is 0 Å². The molecule has 2 heterocycles. The number of pyridine rings is 1. The first-order chi connectivity index (χ1) is 31.7. The maximum absolute atomic E-state index is 5.33. The first-order valence-electron chi connectivity index (χ1n) is 21.6. The van der Waals surface area contributed by atoms with Gasteiger partial charge in [0.05, 0.1) is 5.69 Å². The first kappa shape index (κ1) is 37.2. The lowest BCUT2D eigenvalue weighted by atomic mass is 9.90. The predicted molar refractivity (Wildman–Crippen MR) is 266 cm³/mol. The Morgan fingerprint density at radius 3 is 1.20 bits per heavy atom. The molecule has 0 unspecified atom stereocenters. The topological polar surface area (TPSA) is 51.6 Å². The minimum Gasteiger partial charge on any atom is -0.256 e. The van der Waals surface area contributed by atoms with Crippen LogP contribution < -0.4 is 0 Å². The average molecular weight is 815 g/mol. The smallest absolute Gasteiger partial charge is 0.164 e. The Bertz CT molecular complexity index is 3550. The van der Waals surface area contributed by atoms with Gasteiger partial charge in [0.1, 0.15) is 0 Å². The number of rotatable bonds is 7. The van der Waals surface area contributed by atoms with Crippen molar-refractivity contribution in [3.63, 3.8) is 0 Å². The zero-order valence-corrected chi connectivity index (χ0v) is 34.7. The van der Waals surface area contributed by atoms with E-state index in [0.29, 0.717) is 17.5 Å². The summed E-state index contributed by atoms with van der Waals surface area (Å²) in [4.78, 5) is 20.5. The summed E-state index contributed by atoms with van der Waals surface area (Å²) in [5, 5.41) is 9.39. The van der Waals surface area contributed by atoms with Crippen molar-refractivity contribution in [2.45, 2.75) is 0 Å². The lowest BCUT2D eigenvalue weighted by Crippen LogP contribution is -2.01. The Hall–Kier alpha value is -8.60. The van der Waals surface area contributed by atoms with Crippen molar-refractivity contribution in [1.82, 2.24) is 19.9 Å². The lowest BCUT2D eigenvalue weighted by Gasteiger charge is -2.15. The van der Waals surface area contributed by atoms with Crippen molar-refractivity contribution < 1.29 is 0 Å². The maximum atomic E-state index is 5.33. The average Bonchev–Trinajstić information content (AvgIpc) is 3.37. The van der Waals surface area contributed by atoms with Crippen LogP contribution in [0, 0.1) is 0 Å². The third kappa shape index (κ3) is 6.75.